The smallest absolute Gasteiger partial charge is 0.263 e. The minimum atomic E-state index is -0.148. The predicted octanol–water partition coefficient (Wildman–Crippen LogP) is 5.15. The Labute approximate surface area is 175 Å². The van der Waals surface area contributed by atoms with Crippen LogP contribution in [0.5, 0.6) is 11.5 Å². The van der Waals surface area contributed by atoms with Gasteiger partial charge in [-0.3, -0.25) is 4.79 Å². The van der Waals surface area contributed by atoms with Gasteiger partial charge >= 0.3 is 0 Å². The first kappa shape index (κ1) is 20.4. The zero-order valence-corrected chi connectivity index (χ0v) is 17.6. The Morgan fingerprint density at radius 2 is 1.82 bits per heavy atom. The minimum absolute atomic E-state index is 0.148. The van der Waals surface area contributed by atoms with E-state index >= 15 is 0 Å². The van der Waals surface area contributed by atoms with Gasteiger partial charge in [0.2, 0.25) is 0 Å². The molecule has 3 rings (SSSR count). The highest BCUT2D eigenvalue weighted by atomic mass is 32.2. The van der Waals surface area contributed by atoms with E-state index in [2.05, 4.69) is 25.2 Å². The Balaban J connectivity index is 1.50. The molecule has 4 nitrogen and oxygen atoms in total. The molecule has 0 aromatic heterocycles. The standard InChI is InChI=1S/C22H23NO3S2/c1-3-15(2)18-6-4-5-7-19(18)26-13-12-25-17-10-8-16(9-11-17)14-20-21(24)23-22(27)28-20/h4-11,14-15H,3,12-13H2,1-2H3,(H,23,24,27)/b20-14-/t15-/m0/s1. The lowest BCUT2D eigenvalue weighted by atomic mass is 9.98. The van der Waals surface area contributed by atoms with Crippen LogP contribution in [0.25, 0.3) is 6.08 Å². The number of thiocarbonyl (C=S) groups is 1. The Morgan fingerprint density at radius 1 is 1.11 bits per heavy atom. The number of amides is 1. The third-order valence-electron chi connectivity index (χ3n) is 4.49. The zero-order chi connectivity index (χ0) is 19.9. The van der Waals surface area contributed by atoms with Crippen molar-refractivity contribution in [3.05, 3.63) is 64.6 Å². The third-order valence-corrected chi connectivity index (χ3v) is 5.65. The van der Waals surface area contributed by atoms with Gasteiger partial charge in [0.15, 0.2) is 0 Å². The molecule has 0 aliphatic carbocycles. The molecule has 0 bridgehead atoms. The summed E-state index contributed by atoms with van der Waals surface area (Å²) in [5.74, 6) is 2.01. The normalized spacial score (nSPS) is 16.1. The fourth-order valence-electron chi connectivity index (χ4n) is 2.78. The molecule has 146 valence electrons. The molecule has 2 aromatic carbocycles. The van der Waals surface area contributed by atoms with Crippen molar-refractivity contribution in [2.45, 2.75) is 26.2 Å². The molecule has 2 aromatic rings. The number of para-hydroxylation sites is 1. The first-order valence-corrected chi connectivity index (χ1v) is 10.5. The number of ether oxygens (including phenoxy) is 2. The summed E-state index contributed by atoms with van der Waals surface area (Å²) in [6.45, 7) is 5.32. The summed E-state index contributed by atoms with van der Waals surface area (Å²) >= 11 is 6.27. The molecule has 0 spiro atoms. The molecule has 0 unspecified atom stereocenters. The van der Waals surface area contributed by atoms with Gasteiger partial charge in [-0.25, -0.2) is 0 Å². The number of hydrogen-bond acceptors (Lipinski definition) is 5. The molecule has 6 heteroatoms. The van der Waals surface area contributed by atoms with Gasteiger partial charge in [0.05, 0.1) is 4.91 Å². The minimum Gasteiger partial charge on any atom is -0.490 e. The molecular weight excluding hydrogens is 390 g/mol. The van der Waals surface area contributed by atoms with Gasteiger partial charge < -0.3 is 14.8 Å². The summed E-state index contributed by atoms with van der Waals surface area (Å²) in [5.41, 5.74) is 2.16. The number of nitrogens with one attached hydrogen (secondary N) is 1. The van der Waals surface area contributed by atoms with Crippen molar-refractivity contribution in [1.82, 2.24) is 5.32 Å². The summed E-state index contributed by atoms with van der Waals surface area (Å²) in [4.78, 5) is 12.3. The second-order valence-electron chi connectivity index (χ2n) is 6.47. The molecule has 1 saturated heterocycles. The van der Waals surface area contributed by atoms with E-state index < -0.39 is 0 Å². The second kappa shape index (κ2) is 9.75. The van der Waals surface area contributed by atoms with Crippen LogP contribution in [0.2, 0.25) is 0 Å². The SMILES string of the molecule is CC[C@H](C)c1ccccc1OCCOc1ccc(/C=C2\SC(=S)NC2=O)cc1. The summed E-state index contributed by atoms with van der Waals surface area (Å²) in [6, 6.07) is 15.8. The number of rotatable bonds is 8. The first-order chi connectivity index (χ1) is 13.6. The molecule has 1 fully saturated rings. The van der Waals surface area contributed by atoms with E-state index in [0.29, 0.717) is 28.4 Å². The van der Waals surface area contributed by atoms with Crippen LogP contribution >= 0.6 is 24.0 Å². The average molecular weight is 414 g/mol. The average Bonchev–Trinajstić information content (AvgIpc) is 3.03. The van der Waals surface area contributed by atoms with Crippen molar-refractivity contribution in [2.24, 2.45) is 0 Å². The van der Waals surface area contributed by atoms with Crippen molar-refractivity contribution in [2.75, 3.05) is 13.2 Å². The van der Waals surface area contributed by atoms with Crippen molar-refractivity contribution < 1.29 is 14.3 Å². The Hall–Kier alpha value is -2.31. The van der Waals surface area contributed by atoms with Crippen LogP contribution < -0.4 is 14.8 Å². The van der Waals surface area contributed by atoms with Crippen LogP contribution in [0.3, 0.4) is 0 Å². The highest BCUT2D eigenvalue weighted by Crippen LogP contribution is 2.28. The lowest BCUT2D eigenvalue weighted by molar-refractivity contribution is -0.115. The number of benzene rings is 2. The van der Waals surface area contributed by atoms with Gasteiger partial charge in [-0.15, -0.1) is 0 Å². The van der Waals surface area contributed by atoms with Crippen LogP contribution in [0.4, 0.5) is 0 Å². The quantitative estimate of drug-likeness (QED) is 0.369. The largest absolute Gasteiger partial charge is 0.490 e. The summed E-state index contributed by atoms with van der Waals surface area (Å²) < 4.78 is 12.2. The van der Waals surface area contributed by atoms with E-state index in [1.165, 1.54) is 17.3 Å². The van der Waals surface area contributed by atoms with Crippen molar-refractivity contribution in [3.8, 4) is 11.5 Å². The van der Waals surface area contributed by atoms with E-state index in [4.69, 9.17) is 21.7 Å². The first-order valence-electron chi connectivity index (χ1n) is 9.26. The Morgan fingerprint density at radius 3 is 2.50 bits per heavy atom. The Kier molecular flexibility index (Phi) is 7.12. The van der Waals surface area contributed by atoms with E-state index in [9.17, 15) is 4.79 Å². The molecular formula is C22H23NO3S2. The van der Waals surface area contributed by atoms with Gasteiger partial charge in [-0.1, -0.05) is 68.2 Å². The van der Waals surface area contributed by atoms with E-state index in [-0.39, 0.29) is 5.91 Å². The van der Waals surface area contributed by atoms with E-state index in [1.807, 2.05) is 48.5 Å². The van der Waals surface area contributed by atoms with Crippen LogP contribution in [0.15, 0.2) is 53.4 Å². The molecule has 1 N–H and O–H groups in total. The van der Waals surface area contributed by atoms with Crippen molar-refractivity contribution in [1.29, 1.82) is 0 Å². The highest BCUT2D eigenvalue weighted by molar-refractivity contribution is 8.26. The molecule has 1 aliphatic heterocycles. The van der Waals surface area contributed by atoms with Crippen molar-refractivity contribution >= 4 is 40.3 Å². The lowest BCUT2D eigenvalue weighted by Crippen LogP contribution is -2.17. The molecule has 1 atom stereocenters. The lowest BCUT2D eigenvalue weighted by Gasteiger charge is -2.15. The van der Waals surface area contributed by atoms with E-state index in [0.717, 1.165) is 23.5 Å². The zero-order valence-electron chi connectivity index (χ0n) is 15.9. The third kappa shape index (κ3) is 5.36. The van der Waals surface area contributed by atoms with E-state index in [1.54, 1.807) is 0 Å². The molecule has 1 heterocycles. The molecule has 1 aliphatic rings. The summed E-state index contributed by atoms with van der Waals surface area (Å²) in [7, 11) is 0. The van der Waals surface area contributed by atoms with Crippen molar-refractivity contribution in [3.63, 3.8) is 0 Å². The fourth-order valence-corrected chi connectivity index (χ4v) is 3.83. The number of hydrogen-bond donors (Lipinski definition) is 1. The molecule has 1 amide bonds. The van der Waals surface area contributed by atoms with Gasteiger partial charge in [-0.2, -0.15) is 0 Å². The topological polar surface area (TPSA) is 47.6 Å². The number of carbonyl (C=O) groups is 1. The fraction of sp³-hybridized carbons (Fsp3) is 0.273. The monoisotopic (exact) mass is 413 g/mol. The molecule has 0 saturated carbocycles. The second-order valence-corrected chi connectivity index (χ2v) is 8.18. The number of carbonyl (C=O) groups excluding carboxylic acids is 1. The highest BCUT2D eigenvalue weighted by Gasteiger charge is 2.21. The van der Waals surface area contributed by atoms with Gasteiger partial charge in [0, 0.05) is 0 Å². The summed E-state index contributed by atoms with van der Waals surface area (Å²) in [6.07, 6.45) is 2.89. The molecule has 0 radical (unpaired) electrons. The maximum Gasteiger partial charge on any atom is 0.263 e. The number of thioether (sulfide) groups is 1. The predicted molar refractivity (Wildman–Crippen MR) is 119 cm³/mol. The maximum absolute atomic E-state index is 11.7. The van der Waals surface area contributed by atoms with Crippen LogP contribution in [-0.4, -0.2) is 23.4 Å². The van der Waals surface area contributed by atoms with Gasteiger partial charge in [0.25, 0.3) is 5.91 Å². The van der Waals surface area contributed by atoms with Gasteiger partial charge in [0.1, 0.15) is 29.0 Å². The maximum atomic E-state index is 11.7. The van der Waals surface area contributed by atoms with Crippen LogP contribution in [-0.2, 0) is 4.79 Å². The molecule has 28 heavy (non-hydrogen) atoms. The van der Waals surface area contributed by atoms with Crippen LogP contribution in [0.1, 0.15) is 37.3 Å². The summed E-state index contributed by atoms with van der Waals surface area (Å²) in [5, 5.41) is 2.61. The Bertz CT molecular complexity index is 878. The van der Waals surface area contributed by atoms with Gasteiger partial charge in [-0.05, 0) is 47.7 Å². The van der Waals surface area contributed by atoms with Crippen LogP contribution in [0, 0.1) is 0 Å².